The highest BCUT2D eigenvalue weighted by molar-refractivity contribution is 7.92. The first kappa shape index (κ1) is 13.8. The average Bonchev–Trinajstić information content (AvgIpc) is 2.89. The first-order chi connectivity index (χ1) is 10.0. The van der Waals surface area contributed by atoms with Crippen molar-refractivity contribution in [1.29, 1.82) is 5.26 Å². The fourth-order valence-corrected chi connectivity index (χ4v) is 4.69. The van der Waals surface area contributed by atoms with Gasteiger partial charge in [0.1, 0.15) is 5.25 Å². The van der Waals surface area contributed by atoms with E-state index in [1.165, 1.54) is 6.20 Å². The monoisotopic (exact) mass is 302 g/mol. The van der Waals surface area contributed by atoms with Gasteiger partial charge in [0.15, 0.2) is 15.6 Å². The van der Waals surface area contributed by atoms with E-state index in [1.807, 2.05) is 6.07 Å². The summed E-state index contributed by atoms with van der Waals surface area (Å²) < 4.78 is 24.2. The maximum Gasteiger partial charge on any atom is 0.183 e. The van der Waals surface area contributed by atoms with E-state index >= 15 is 0 Å². The molecule has 108 valence electrons. The van der Waals surface area contributed by atoms with Gasteiger partial charge >= 0.3 is 0 Å². The second-order valence-corrected chi connectivity index (χ2v) is 7.59. The molecule has 1 aliphatic heterocycles. The van der Waals surface area contributed by atoms with Crippen LogP contribution in [0.3, 0.4) is 0 Å². The smallest absolute Gasteiger partial charge is 0.183 e. The highest BCUT2D eigenvalue weighted by atomic mass is 32.2. The largest absolute Gasteiger partial charge is 0.360 e. The predicted molar refractivity (Wildman–Crippen MR) is 78.8 cm³/mol. The Kier molecular flexibility index (Phi) is 3.30. The Morgan fingerprint density at radius 2 is 2.14 bits per heavy atom. The Bertz CT molecular complexity index is 859. The molecule has 3 rings (SSSR count). The quantitative estimate of drug-likeness (QED) is 0.861. The molecule has 1 fully saturated rings. The van der Waals surface area contributed by atoms with Crippen molar-refractivity contribution in [2.24, 2.45) is 0 Å². The number of hydrogen-bond donors (Lipinski definition) is 1. The molecule has 2 heterocycles. The van der Waals surface area contributed by atoms with Crippen LogP contribution in [0.4, 0.5) is 0 Å². The lowest BCUT2D eigenvalue weighted by atomic mass is 10.0. The van der Waals surface area contributed by atoms with Crippen LogP contribution in [0.5, 0.6) is 0 Å². The van der Waals surface area contributed by atoms with Crippen LogP contribution in [0.25, 0.3) is 10.9 Å². The molecular formula is C15H14N2O3S. The molecule has 0 aliphatic carbocycles. The molecule has 0 spiro atoms. The minimum absolute atomic E-state index is 0.0786. The molecule has 1 N–H and O–H groups in total. The van der Waals surface area contributed by atoms with E-state index in [9.17, 15) is 13.2 Å². The number of benzene rings is 1. The Morgan fingerprint density at radius 1 is 1.33 bits per heavy atom. The van der Waals surface area contributed by atoms with Crippen molar-refractivity contribution >= 4 is 26.5 Å². The van der Waals surface area contributed by atoms with Gasteiger partial charge < -0.3 is 4.98 Å². The number of hydrogen-bond acceptors (Lipinski definition) is 4. The Labute approximate surface area is 122 Å². The number of Topliss-reactive ketones (excluding diaryl/α,β-unsaturated/α-hetero) is 1. The molecule has 0 radical (unpaired) electrons. The first-order valence-corrected chi connectivity index (χ1v) is 8.51. The number of fused-ring (bicyclic) bond motifs is 1. The molecule has 0 bridgehead atoms. The second-order valence-electron chi connectivity index (χ2n) is 5.29. The summed E-state index contributed by atoms with van der Waals surface area (Å²) in [5, 5.41) is 8.62. The number of carbonyl (C=O) groups excluding carboxylic acids is 1. The number of carbonyl (C=O) groups is 1. The molecule has 1 aliphatic rings. The zero-order valence-corrected chi connectivity index (χ0v) is 12.1. The number of H-pyrrole nitrogens is 1. The highest BCUT2D eigenvalue weighted by Crippen LogP contribution is 2.27. The molecule has 5 nitrogen and oxygen atoms in total. The lowest BCUT2D eigenvalue weighted by molar-refractivity contribution is 0.0983. The lowest BCUT2D eigenvalue weighted by Gasteiger charge is -2.20. The summed E-state index contributed by atoms with van der Waals surface area (Å²) in [5.41, 5.74) is 1.53. The van der Waals surface area contributed by atoms with E-state index in [2.05, 4.69) is 4.98 Å². The third kappa shape index (κ3) is 2.34. The van der Waals surface area contributed by atoms with Crippen LogP contribution in [0.1, 0.15) is 35.2 Å². The minimum atomic E-state index is -3.36. The maximum atomic E-state index is 12.6. The third-order valence-corrected chi connectivity index (χ3v) is 6.12. The molecule has 1 saturated heterocycles. The maximum absolute atomic E-state index is 12.6. The molecule has 6 heteroatoms. The normalized spacial score (nSPS) is 21.0. The zero-order valence-electron chi connectivity index (χ0n) is 11.3. The van der Waals surface area contributed by atoms with Gasteiger partial charge in [0.2, 0.25) is 0 Å². The number of ketones is 1. The molecule has 1 unspecified atom stereocenters. The Hall–Kier alpha value is -2.13. The van der Waals surface area contributed by atoms with Crippen molar-refractivity contribution in [2.45, 2.75) is 24.5 Å². The molecule has 1 atom stereocenters. The third-order valence-electron chi connectivity index (χ3n) is 3.95. The van der Waals surface area contributed by atoms with E-state index in [0.29, 0.717) is 29.4 Å². The van der Waals surface area contributed by atoms with E-state index < -0.39 is 15.1 Å². The van der Waals surface area contributed by atoms with Crippen molar-refractivity contribution in [3.63, 3.8) is 0 Å². The summed E-state index contributed by atoms with van der Waals surface area (Å²) in [4.78, 5) is 15.6. The van der Waals surface area contributed by atoms with Crippen LogP contribution in [0, 0.1) is 11.3 Å². The summed E-state index contributed by atoms with van der Waals surface area (Å²) in [6.45, 7) is 0. The van der Waals surface area contributed by atoms with Gasteiger partial charge in [0.25, 0.3) is 0 Å². The standard InChI is InChI=1S/C15H14N2O3S/c16-8-10-4-5-13-11(7-10)12(9-17-13)15(18)14-3-1-2-6-21(14,19)20/h4-5,7,9,14,17H,1-3,6H2. The molecule has 1 aromatic carbocycles. The van der Waals surface area contributed by atoms with Gasteiger partial charge in [-0.25, -0.2) is 8.42 Å². The van der Waals surface area contributed by atoms with Crippen LogP contribution in [0.15, 0.2) is 24.4 Å². The lowest BCUT2D eigenvalue weighted by Crippen LogP contribution is -2.35. The number of nitriles is 1. The van der Waals surface area contributed by atoms with Crippen molar-refractivity contribution in [2.75, 3.05) is 5.75 Å². The van der Waals surface area contributed by atoms with Gasteiger partial charge in [-0.15, -0.1) is 0 Å². The van der Waals surface area contributed by atoms with Gasteiger partial charge in [0, 0.05) is 22.7 Å². The number of rotatable bonds is 2. The topological polar surface area (TPSA) is 90.8 Å². The van der Waals surface area contributed by atoms with Crippen LogP contribution in [0.2, 0.25) is 0 Å². The number of nitrogens with zero attached hydrogens (tertiary/aromatic N) is 1. The van der Waals surface area contributed by atoms with Gasteiger partial charge in [-0.1, -0.05) is 6.42 Å². The van der Waals surface area contributed by atoms with Crippen molar-refractivity contribution in [3.8, 4) is 6.07 Å². The fourth-order valence-electron chi connectivity index (χ4n) is 2.82. The van der Waals surface area contributed by atoms with Crippen LogP contribution in [-0.2, 0) is 9.84 Å². The van der Waals surface area contributed by atoms with Crippen molar-refractivity contribution in [3.05, 3.63) is 35.5 Å². The van der Waals surface area contributed by atoms with E-state index in [-0.39, 0.29) is 11.5 Å². The minimum Gasteiger partial charge on any atom is -0.360 e. The summed E-state index contributed by atoms with van der Waals surface area (Å²) in [7, 11) is -3.36. The molecular weight excluding hydrogens is 288 g/mol. The van der Waals surface area contributed by atoms with Crippen molar-refractivity contribution < 1.29 is 13.2 Å². The number of aromatic nitrogens is 1. The summed E-state index contributed by atoms with van der Waals surface area (Å²) in [6, 6.07) is 7.03. The average molecular weight is 302 g/mol. The summed E-state index contributed by atoms with van der Waals surface area (Å²) in [5.74, 6) is -0.286. The van der Waals surface area contributed by atoms with E-state index in [0.717, 1.165) is 11.9 Å². The van der Waals surface area contributed by atoms with E-state index in [4.69, 9.17) is 5.26 Å². The van der Waals surface area contributed by atoms with Crippen LogP contribution >= 0.6 is 0 Å². The second kappa shape index (κ2) is 5.01. The summed E-state index contributed by atoms with van der Waals surface area (Å²) in [6.07, 6.45) is 3.30. The van der Waals surface area contributed by atoms with Gasteiger partial charge in [-0.2, -0.15) is 5.26 Å². The SMILES string of the molecule is N#Cc1ccc2[nH]cc(C(=O)C3CCCCS3(=O)=O)c2c1. The first-order valence-electron chi connectivity index (χ1n) is 6.80. The number of nitrogens with one attached hydrogen (secondary N) is 1. The van der Waals surface area contributed by atoms with Gasteiger partial charge in [-0.05, 0) is 31.0 Å². The van der Waals surface area contributed by atoms with E-state index in [1.54, 1.807) is 18.2 Å². The van der Waals surface area contributed by atoms with Crippen molar-refractivity contribution in [1.82, 2.24) is 4.98 Å². The molecule has 1 aromatic heterocycles. The number of aromatic amines is 1. The predicted octanol–water partition coefficient (Wildman–Crippen LogP) is 2.19. The Morgan fingerprint density at radius 3 is 2.86 bits per heavy atom. The molecule has 2 aromatic rings. The van der Waals surface area contributed by atoms with Gasteiger partial charge in [-0.3, -0.25) is 4.79 Å². The number of sulfone groups is 1. The molecule has 21 heavy (non-hydrogen) atoms. The summed E-state index contributed by atoms with van der Waals surface area (Å²) >= 11 is 0. The van der Waals surface area contributed by atoms with Gasteiger partial charge in [0.05, 0.1) is 17.4 Å². The Balaban J connectivity index is 2.08. The fraction of sp³-hybridized carbons (Fsp3) is 0.333. The molecule has 0 saturated carbocycles. The van der Waals surface area contributed by atoms with Crippen LogP contribution in [-0.4, -0.2) is 30.2 Å². The zero-order chi connectivity index (χ0) is 15.0. The van der Waals surface area contributed by atoms with Crippen LogP contribution < -0.4 is 0 Å². The highest BCUT2D eigenvalue weighted by Gasteiger charge is 2.36. The molecule has 0 amide bonds.